The minimum atomic E-state index is -0.528. The maximum Gasteiger partial charge on any atom is 0.257 e. The first-order chi connectivity index (χ1) is 8.13. The smallest absolute Gasteiger partial charge is 0.257 e. The summed E-state index contributed by atoms with van der Waals surface area (Å²) in [6, 6.07) is 2.02. The van der Waals surface area contributed by atoms with E-state index >= 15 is 0 Å². The fraction of sp³-hybridized carbons (Fsp3) is 0.545. The maximum absolute atomic E-state index is 12.3. The number of carbonyl (C=O) groups excluding carboxylic acids is 1. The van der Waals surface area contributed by atoms with Gasteiger partial charge in [0, 0.05) is 12.2 Å². The molecule has 0 saturated carbocycles. The lowest BCUT2D eigenvalue weighted by Gasteiger charge is -2.29. The Morgan fingerprint density at radius 2 is 2.41 bits per heavy atom. The van der Waals surface area contributed by atoms with Crippen LogP contribution in [0, 0.1) is 25.2 Å². The monoisotopic (exact) mass is 234 g/mol. The van der Waals surface area contributed by atoms with Crippen LogP contribution in [0.15, 0.2) is 0 Å². The molecule has 6 heteroatoms. The van der Waals surface area contributed by atoms with Crippen LogP contribution >= 0.6 is 0 Å². The molecule has 1 fully saturated rings. The number of carbonyl (C=O) groups is 1. The molecule has 2 heterocycles. The van der Waals surface area contributed by atoms with E-state index in [0.29, 0.717) is 31.0 Å². The summed E-state index contributed by atoms with van der Waals surface area (Å²) in [5, 5.41) is 15.6. The van der Waals surface area contributed by atoms with E-state index in [-0.39, 0.29) is 5.91 Å². The van der Waals surface area contributed by atoms with Crippen molar-refractivity contribution in [2.24, 2.45) is 0 Å². The number of nitriles is 1. The average Bonchev–Trinajstić information content (AvgIpc) is 2.68. The summed E-state index contributed by atoms with van der Waals surface area (Å²) in [4.78, 5) is 13.9. The highest BCUT2D eigenvalue weighted by molar-refractivity contribution is 5.96. The van der Waals surface area contributed by atoms with Crippen LogP contribution in [0.1, 0.15) is 21.7 Å². The highest BCUT2D eigenvalue weighted by Gasteiger charge is 2.27. The van der Waals surface area contributed by atoms with Crippen LogP contribution in [-0.4, -0.2) is 46.8 Å². The van der Waals surface area contributed by atoms with Gasteiger partial charge in [0.1, 0.15) is 0 Å². The van der Waals surface area contributed by atoms with Gasteiger partial charge in [-0.05, 0) is 13.8 Å². The quantitative estimate of drug-likeness (QED) is 0.762. The predicted octanol–water partition coefficient (Wildman–Crippen LogP) is 0.391. The van der Waals surface area contributed by atoms with Gasteiger partial charge in [-0.25, -0.2) is 0 Å². The third-order valence-corrected chi connectivity index (χ3v) is 2.84. The molecule has 0 aliphatic carbocycles. The van der Waals surface area contributed by atoms with Crippen molar-refractivity contribution in [3.8, 4) is 6.07 Å². The van der Waals surface area contributed by atoms with Gasteiger partial charge in [0.2, 0.25) is 0 Å². The Balaban J connectivity index is 2.18. The summed E-state index contributed by atoms with van der Waals surface area (Å²) >= 11 is 0. The molecule has 1 atom stereocenters. The standard InChI is InChI=1S/C11H14N4O2/c1-7-10(8(2)14-13-7)11(16)15-3-4-17-9(5-12)6-15/h9H,3-4,6H2,1-2H3,(H,13,14). The molecular weight excluding hydrogens is 220 g/mol. The lowest BCUT2D eigenvalue weighted by Crippen LogP contribution is -2.45. The van der Waals surface area contributed by atoms with E-state index in [2.05, 4.69) is 10.2 Å². The number of amides is 1. The zero-order valence-electron chi connectivity index (χ0n) is 9.86. The summed E-state index contributed by atoms with van der Waals surface area (Å²) in [5.74, 6) is -0.0858. The molecule has 6 nitrogen and oxygen atoms in total. The van der Waals surface area contributed by atoms with Crippen LogP contribution in [0.25, 0.3) is 0 Å². The van der Waals surface area contributed by atoms with Gasteiger partial charge in [0.05, 0.1) is 30.5 Å². The number of hydrogen-bond acceptors (Lipinski definition) is 4. The zero-order chi connectivity index (χ0) is 12.4. The van der Waals surface area contributed by atoms with Gasteiger partial charge < -0.3 is 9.64 Å². The Morgan fingerprint density at radius 1 is 1.65 bits per heavy atom. The number of aromatic nitrogens is 2. The van der Waals surface area contributed by atoms with E-state index in [9.17, 15) is 4.79 Å². The van der Waals surface area contributed by atoms with Gasteiger partial charge in [-0.15, -0.1) is 0 Å². The number of hydrogen-bond donors (Lipinski definition) is 1. The number of nitrogens with one attached hydrogen (secondary N) is 1. The molecule has 1 amide bonds. The molecule has 1 unspecified atom stereocenters. The van der Waals surface area contributed by atoms with Gasteiger partial charge in [0.25, 0.3) is 5.91 Å². The van der Waals surface area contributed by atoms with Crippen LogP contribution in [0.4, 0.5) is 0 Å². The average molecular weight is 234 g/mol. The van der Waals surface area contributed by atoms with E-state index in [1.165, 1.54) is 0 Å². The minimum Gasteiger partial charge on any atom is -0.360 e. The predicted molar refractivity (Wildman–Crippen MR) is 59.3 cm³/mol. The Kier molecular flexibility index (Phi) is 3.11. The van der Waals surface area contributed by atoms with Crippen LogP contribution in [0.3, 0.4) is 0 Å². The molecule has 1 aliphatic rings. The van der Waals surface area contributed by atoms with E-state index in [1.54, 1.807) is 11.8 Å². The fourth-order valence-corrected chi connectivity index (χ4v) is 1.94. The lowest BCUT2D eigenvalue weighted by atomic mass is 10.1. The number of nitrogens with zero attached hydrogens (tertiary/aromatic N) is 3. The number of morpholine rings is 1. The van der Waals surface area contributed by atoms with E-state index in [1.807, 2.05) is 13.0 Å². The van der Waals surface area contributed by atoms with E-state index < -0.39 is 6.10 Å². The van der Waals surface area contributed by atoms with Crippen molar-refractivity contribution in [3.63, 3.8) is 0 Å². The molecule has 2 rings (SSSR count). The third kappa shape index (κ3) is 2.15. The number of rotatable bonds is 1. The SMILES string of the molecule is Cc1n[nH]c(C)c1C(=O)N1CCOC(C#N)C1. The molecule has 1 aliphatic heterocycles. The highest BCUT2D eigenvalue weighted by Crippen LogP contribution is 2.15. The largest absolute Gasteiger partial charge is 0.360 e. The van der Waals surface area contributed by atoms with Crippen molar-refractivity contribution in [3.05, 3.63) is 17.0 Å². The third-order valence-electron chi connectivity index (χ3n) is 2.84. The van der Waals surface area contributed by atoms with Gasteiger partial charge >= 0.3 is 0 Å². The molecule has 0 bridgehead atoms. The normalized spacial score (nSPS) is 20.1. The van der Waals surface area contributed by atoms with Crippen molar-refractivity contribution in [2.45, 2.75) is 20.0 Å². The zero-order valence-corrected chi connectivity index (χ0v) is 9.86. The number of aryl methyl sites for hydroxylation is 2. The first-order valence-corrected chi connectivity index (χ1v) is 5.45. The first kappa shape index (κ1) is 11.6. The van der Waals surface area contributed by atoms with Crippen molar-refractivity contribution in [2.75, 3.05) is 19.7 Å². The molecule has 0 radical (unpaired) electrons. The Morgan fingerprint density at radius 3 is 3.00 bits per heavy atom. The second kappa shape index (κ2) is 4.55. The van der Waals surface area contributed by atoms with E-state index in [4.69, 9.17) is 10.00 Å². The second-order valence-corrected chi connectivity index (χ2v) is 4.05. The summed E-state index contributed by atoms with van der Waals surface area (Å²) in [6.45, 7) is 4.84. The van der Waals surface area contributed by atoms with Gasteiger partial charge in [0.15, 0.2) is 6.10 Å². The summed E-state index contributed by atoms with van der Waals surface area (Å²) < 4.78 is 5.21. The number of aromatic amines is 1. The van der Waals surface area contributed by atoms with Crippen LogP contribution in [-0.2, 0) is 4.74 Å². The van der Waals surface area contributed by atoms with E-state index in [0.717, 1.165) is 5.69 Å². The van der Waals surface area contributed by atoms with Crippen LogP contribution in [0.5, 0.6) is 0 Å². The van der Waals surface area contributed by atoms with Crippen molar-refractivity contribution in [1.82, 2.24) is 15.1 Å². The molecule has 90 valence electrons. The van der Waals surface area contributed by atoms with Gasteiger partial charge in [-0.1, -0.05) is 0 Å². The molecular formula is C11H14N4O2. The Labute approximate surface area is 99.2 Å². The molecule has 1 N–H and O–H groups in total. The molecule has 0 aromatic carbocycles. The minimum absolute atomic E-state index is 0.0858. The molecule has 1 saturated heterocycles. The van der Waals surface area contributed by atoms with Crippen LogP contribution < -0.4 is 0 Å². The van der Waals surface area contributed by atoms with Crippen LogP contribution in [0.2, 0.25) is 0 Å². The second-order valence-electron chi connectivity index (χ2n) is 4.05. The summed E-state index contributed by atoms with van der Waals surface area (Å²) in [5.41, 5.74) is 2.04. The molecule has 1 aromatic heterocycles. The number of H-pyrrole nitrogens is 1. The molecule has 0 spiro atoms. The molecule has 1 aromatic rings. The summed E-state index contributed by atoms with van der Waals surface area (Å²) in [7, 11) is 0. The van der Waals surface area contributed by atoms with Crippen molar-refractivity contribution in [1.29, 1.82) is 5.26 Å². The summed E-state index contributed by atoms with van der Waals surface area (Å²) in [6.07, 6.45) is -0.528. The fourth-order valence-electron chi connectivity index (χ4n) is 1.94. The maximum atomic E-state index is 12.3. The topological polar surface area (TPSA) is 82.0 Å². The Hall–Kier alpha value is -1.87. The number of ether oxygens (including phenoxy) is 1. The van der Waals surface area contributed by atoms with Crippen molar-refractivity contribution >= 4 is 5.91 Å². The molecule has 17 heavy (non-hydrogen) atoms. The lowest BCUT2D eigenvalue weighted by molar-refractivity contribution is 0.00340. The Bertz CT molecular complexity index is 455. The highest BCUT2D eigenvalue weighted by atomic mass is 16.5. The van der Waals surface area contributed by atoms with Gasteiger partial charge in [-0.2, -0.15) is 10.4 Å². The van der Waals surface area contributed by atoms with Gasteiger partial charge in [-0.3, -0.25) is 9.89 Å². The first-order valence-electron chi connectivity index (χ1n) is 5.45. The van der Waals surface area contributed by atoms with Crippen molar-refractivity contribution < 1.29 is 9.53 Å².